The lowest BCUT2D eigenvalue weighted by atomic mass is 10.3. The van der Waals surface area contributed by atoms with Crippen LogP contribution in [0.2, 0.25) is 5.02 Å². The standard InChI is InChI=1S/C9H10ClF2NS/c1-14-3-2-13-9-7(10)4-6(11)5-8(9)12/h4-5,13H,2-3H2,1H3. The fraction of sp³-hybridized carbons (Fsp3) is 0.333. The SMILES string of the molecule is CSCCNc1c(F)cc(F)cc1Cl. The summed E-state index contributed by atoms with van der Waals surface area (Å²) in [7, 11) is 0. The zero-order valence-electron chi connectivity index (χ0n) is 7.61. The molecule has 0 unspecified atom stereocenters. The molecule has 1 aromatic rings. The molecule has 1 N–H and O–H groups in total. The summed E-state index contributed by atoms with van der Waals surface area (Å²) >= 11 is 7.30. The number of hydrogen-bond acceptors (Lipinski definition) is 2. The molecule has 0 atom stereocenters. The first kappa shape index (κ1) is 11.6. The van der Waals surface area contributed by atoms with Gasteiger partial charge < -0.3 is 5.32 Å². The van der Waals surface area contributed by atoms with Gasteiger partial charge in [-0.05, 0) is 12.3 Å². The molecule has 0 aliphatic carbocycles. The van der Waals surface area contributed by atoms with Crippen molar-refractivity contribution < 1.29 is 8.78 Å². The molecule has 0 fully saturated rings. The molecule has 0 heterocycles. The summed E-state index contributed by atoms with van der Waals surface area (Å²) in [5, 5.41) is 2.89. The van der Waals surface area contributed by atoms with Crippen LogP contribution in [0.1, 0.15) is 0 Å². The van der Waals surface area contributed by atoms with Gasteiger partial charge in [0.05, 0.1) is 10.7 Å². The molecule has 0 radical (unpaired) electrons. The van der Waals surface area contributed by atoms with E-state index in [1.54, 1.807) is 11.8 Å². The molecule has 1 nitrogen and oxygen atoms in total. The minimum absolute atomic E-state index is 0.0728. The lowest BCUT2D eigenvalue weighted by Gasteiger charge is -2.08. The van der Waals surface area contributed by atoms with Crippen molar-refractivity contribution in [1.29, 1.82) is 0 Å². The number of benzene rings is 1. The minimum atomic E-state index is -0.664. The summed E-state index contributed by atoms with van der Waals surface area (Å²) in [5.74, 6) is -0.480. The lowest BCUT2D eigenvalue weighted by Crippen LogP contribution is -2.06. The number of anilines is 1. The van der Waals surface area contributed by atoms with E-state index in [4.69, 9.17) is 11.6 Å². The predicted octanol–water partition coefficient (Wildman–Crippen LogP) is 3.39. The molecule has 1 aromatic carbocycles. The fourth-order valence-electron chi connectivity index (χ4n) is 0.989. The second kappa shape index (κ2) is 5.41. The van der Waals surface area contributed by atoms with Gasteiger partial charge in [0.25, 0.3) is 0 Å². The molecule has 0 aliphatic heterocycles. The summed E-state index contributed by atoms with van der Waals surface area (Å²) in [4.78, 5) is 0. The van der Waals surface area contributed by atoms with E-state index in [2.05, 4.69) is 5.32 Å². The number of nitrogens with one attached hydrogen (secondary N) is 1. The summed E-state index contributed by atoms with van der Waals surface area (Å²) in [6.45, 7) is 0.601. The number of hydrogen-bond donors (Lipinski definition) is 1. The van der Waals surface area contributed by atoms with Gasteiger partial charge in [0.1, 0.15) is 5.82 Å². The lowest BCUT2D eigenvalue weighted by molar-refractivity contribution is 0.585. The second-order valence-corrected chi connectivity index (χ2v) is 4.06. The molecule has 0 aromatic heterocycles. The molecular formula is C9H10ClF2NS. The zero-order chi connectivity index (χ0) is 10.6. The first-order valence-electron chi connectivity index (χ1n) is 4.02. The van der Waals surface area contributed by atoms with Crippen LogP contribution in [0.15, 0.2) is 12.1 Å². The van der Waals surface area contributed by atoms with Crippen molar-refractivity contribution in [2.75, 3.05) is 23.9 Å². The summed E-state index contributed by atoms with van der Waals surface area (Å²) in [6.07, 6.45) is 1.95. The van der Waals surface area contributed by atoms with Crippen molar-refractivity contribution in [3.8, 4) is 0 Å². The maximum Gasteiger partial charge on any atom is 0.150 e. The summed E-state index contributed by atoms with van der Waals surface area (Å²) in [5.41, 5.74) is 0.169. The van der Waals surface area contributed by atoms with E-state index < -0.39 is 11.6 Å². The highest BCUT2D eigenvalue weighted by Gasteiger charge is 2.08. The quantitative estimate of drug-likeness (QED) is 0.806. The van der Waals surface area contributed by atoms with Gasteiger partial charge in [0, 0.05) is 18.4 Å². The number of rotatable bonds is 4. The Morgan fingerprint density at radius 1 is 1.43 bits per heavy atom. The Labute approximate surface area is 90.8 Å². The van der Waals surface area contributed by atoms with E-state index >= 15 is 0 Å². The topological polar surface area (TPSA) is 12.0 Å². The van der Waals surface area contributed by atoms with Crippen molar-refractivity contribution in [3.63, 3.8) is 0 Å². The van der Waals surface area contributed by atoms with Gasteiger partial charge in [-0.15, -0.1) is 0 Å². The summed E-state index contributed by atoms with van der Waals surface area (Å²) in [6, 6.07) is 1.90. The fourth-order valence-corrected chi connectivity index (χ4v) is 1.56. The largest absolute Gasteiger partial charge is 0.381 e. The summed E-state index contributed by atoms with van der Waals surface area (Å²) < 4.78 is 25.8. The minimum Gasteiger partial charge on any atom is -0.381 e. The third-order valence-corrected chi connectivity index (χ3v) is 2.53. The van der Waals surface area contributed by atoms with Crippen LogP contribution >= 0.6 is 23.4 Å². The molecule has 0 bridgehead atoms. The van der Waals surface area contributed by atoms with Crippen LogP contribution < -0.4 is 5.32 Å². The van der Waals surface area contributed by atoms with E-state index in [1.165, 1.54) is 0 Å². The van der Waals surface area contributed by atoms with Crippen LogP contribution in [0.25, 0.3) is 0 Å². The maximum absolute atomic E-state index is 13.1. The molecule has 0 spiro atoms. The predicted molar refractivity (Wildman–Crippen MR) is 58.2 cm³/mol. The van der Waals surface area contributed by atoms with Crippen molar-refractivity contribution in [2.45, 2.75) is 0 Å². The Morgan fingerprint density at radius 2 is 2.14 bits per heavy atom. The monoisotopic (exact) mass is 237 g/mol. The molecular weight excluding hydrogens is 228 g/mol. The van der Waals surface area contributed by atoms with E-state index in [1.807, 2.05) is 6.26 Å². The third-order valence-electron chi connectivity index (χ3n) is 1.61. The number of halogens is 3. The van der Waals surface area contributed by atoms with Crippen molar-refractivity contribution in [3.05, 3.63) is 28.8 Å². The van der Waals surface area contributed by atoms with Crippen LogP contribution in [-0.2, 0) is 0 Å². The van der Waals surface area contributed by atoms with Gasteiger partial charge in [-0.1, -0.05) is 11.6 Å². The highest BCUT2D eigenvalue weighted by atomic mass is 35.5. The number of thioether (sulfide) groups is 1. The Hall–Kier alpha value is -0.480. The Balaban J connectivity index is 2.75. The Bertz CT molecular complexity index is 297. The first-order valence-corrected chi connectivity index (χ1v) is 5.79. The first-order chi connectivity index (χ1) is 6.65. The molecule has 78 valence electrons. The van der Waals surface area contributed by atoms with Crippen LogP contribution in [-0.4, -0.2) is 18.6 Å². The van der Waals surface area contributed by atoms with Gasteiger partial charge in [-0.25, -0.2) is 8.78 Å². The molecule has 0 amide bonds. The van der Waals surface area contributed by atoms with Crippen LogP contribution in [0.4, 0.5) is 14.5 Å². The molecule has 1 rings (SSSR count). The van der Waals surface area contributed by atoms with Crippen molar-refractivity contribution in [2.24, 2.45) is 0 Å². The molecule has 0 aliphatic rings. The maximum atomic E-state index is 13.1. The third kappa shape index (κ3) is 3.03. The van der Waals surface area contributed by atoms with Gasteiger partial charge in [0.15, 0.2) is 5.82 Å². The highest BCUT2D eigenvalue weighted by molar-refractivity contribution is 7.98. The second-order valence-electron chi connectivity index (χ2n) is 2.66. The van der Waals surface area contributed by atoms with Crippen molar-refractivity contribution >= 4 is 29.1 Å². The van der Waals surface area contributed by atoms with Crippen LogP contribution in [0.3, 0.4) is 0 Å². The average molecular weight is 238 g/mol. The van der Waals surface area contributed by atoms with E-state index in [9.17, 15) is 8.78 Å². The molecule has 5 heteroatoms. The van der Waals surface area contributed by atoms with Gasteiger partial charge in [-0.3, -0.25) is 0 Å². The molecule has 14 heavy (non-hydrogen) atoms. The van der Waals surface area contributed by atoms with E-state index in [0.29, 0.717) is 6.54 Å². The van der Waals surface area contributed by atoms with Crippen LogP contribution in [0, 0.1) is 11.6 Å². The molecule has 0 saturated carbocycles. The van der Waals surface area contributed by atoms with E-state index in [-0.39, 0.29) is 10.7 Å². The smallest absolute Gasteiger partial charge is 0.150 e. The van der Waals surface area contributed by atoms with Crippen molar-refractivity contribution in [1.82, 2.24) is 0 Å². The highest BCUT2D eigenvalue weighted by Crippen LogP contribution is 2.26. The normalized spacial score (nSPS) is 10.3. The zero-order valence-corrected chi connectivity index (χ0v) is 9.18. The van der Waals surface area contributed by atoms with E-state index in [0.717, 1.165) is 17.9 Å². The van der Waals surface area contributed by atoms with Crippen LogP contribution in [0.5, 0.6) is 0 Å². The Morgan fingerprint density at radius 3 is 2.71 bits per heavy atom. The molecule has 0 saturated heterocycles. The van der Waals surface area contributed by atoms with Gasteiger partial charge in [-0.2, -0.15) is 11.8 Å². The van der Waals surface area contributed by atoms with Gasteiger partial charge in [0.2, 0.25) is 0 Å². The average Bonchev–Trinajstić information content (AvgIpc) is 2.09. The van der Waals surface area contributed by atoms with Gasteiger partial charge >= 0.3 is 0 Å². The Kier molecular flexibility index (Phi) is 4.48.